The minimum absolute atomic E-state index is 0.290. The quantitative estimate of drug-likeness (QED) is 0.434. The molecule has 0 radical (unpaired) electrons. The number of benzene rings is 2. The number of anilines is 1. The van der Waals surface area contributed by atoms with Gasteiger partial charge < -0.3 is 10.1 Å². The summed E-state index contributed by atoms with van der Waals surface area (Å²) >= 11 is 0. The average Bonchev–Trinajstić information content (AvgIpc) is 3.16. The van der Waals surface area contributed by atoms with Crippen LogP contribution < -0.4 is 15.7 Å². The SMILES string of the molecule is Cc1c(NC(=O)c2cc(F)c(-n3nc4n(c3=O)CCCC4)cc2O[C@@H](C)C(F)(F)F)cccc1C(F)(F)F. The number of aryl methyl sites for hydroxylation is 1. The van der Waals surface area contributed by atoms with E-state index in [1.807, 2.05) is 0 Å². The number of aromatic nitrogens is 3. The van der Waals surface area contributed by atoms with E-state index in [9.17, 15) is 35.9 Å². The summed E-state index contributed by atoms with van der Waals surface area (Å²) in [7, 11) is 0. The van der Waals surface area contributed by atoms with Crippen LogP contribution in [0.25, 0.3) is 5.69 Å². The Hall–Kier alpha value is -3.84. The van der Waals surface area contributed by atoms with E-state index in [1.54, 1.807) is 0 Å². The maximum atomic E-state index is 15.2. The number of carbonyl (C=O) groups excluding carboxylic acids is 1. The molecule has 1 aliphatic heterocycles. The fourth-order valence-corrected chi connectivity index (χ4v) is 4.06. The lowest BCUT2D eigenvalue weighted by molar-refractivity contribution is -0.189. The molecule has 1 N–H and O–H groups in total. The van der Waals surface area contributed by atoms with Crippen molar-refractivity contribution in [2.24, 2.45) is 0 Å². The van der Waals surface area contributed by atoms with E-state index in [2.05, 4.69) is 10.4 Å². The first-order chi connectivity index (χ1) is 17.7. The van der Waals surface area contributed by atoms with E-state index in [0.717, 1.165) is 37.6 Å². The molecular weight excluding hydrogens is 525 g/mol. The van der Waals surface area contributed by atoms with E-state index >= 15 is 4.39 Å². The molecule has 1 amide bonds. The van der Waals surface area contributed by atoms with Gasteiger partial charge in [0.25, 0.3) is 5.91 Å². The number of hydrogen-bond acceptors (Lipinski definition) is 4. The first-order valence-corrected chi connectivity index (χ1v) is 11.4. The van der Waals surface area contributed by atoms with Crippen LogP contribution in [-0.4, -0.2) is 32.5 Å². The summed E-state index contributed by atoms with van der Waals surface area (Å²) in [6, 6.07) is 4.27. The van der Waals surface area contributed by atoms with Crippen molar-refractivity contribution in [1.29, 1.82) is 0 Å². The van der Waals surface area contributed by atoms with Gasteiger partial charge in [-0.15, -0.1) is 5.10 Å². The van der Waals surface area contributed by atoms with Crippen molar-refractivity contribution in [2.75, 3.05) is 5.32 Å². The van der Waals surface area contributed by atoms with E-state index in [-0.39, 0.29) is 11.3 Å². The van der Waals surface area contributed by atoms with Crippen molar-refractivity contribution in [1.82, 2.24) is 14.3 Å². The number of amides is 1. The van der Waals surface area contributed by atoms with Crippen LogP contribution in [0, 0.1) is 12.7 Å². The third kappa shape index (κ3) is 5.24. The fourth-order valence-electron chi connectivity index (χ4n) is 4.06. The zero-order valence-corrected chi connectivity index (χ0v) is 20.0. The van der Waals surface area contributed by atoms with Gasteiger partial charge in [0.1, 0.15) is 23.1 Å². The number of carbonyl (C=O) groups is 1. The summed E-state index contributed by atoms with van der Waals surface area (Å²) in [5, 5.41) is 6.25. The maximum Gasteiger partial charge on any atom is 0.425 e. The Labute approximate surface area is 210 Å². The summed E-state index contributed by atoms with van der Waals surface area (Å²) in [6.45, 7) is 2.09. The zero-order chi connectivity index (χ0) is 28.0. The minimum atomic E-state index is -4.87. The molecule has 204 valence electrons. The van der Waals surface area contributed by atoms with Gasteiger partial charge in [0.2, 0.25) is 0 Å². The number of fused-ring (bicyclic) bond motifs is 1. The first kappa shape index (κ1) is 27.2. The molecule has 4 rings (SSSR count). The predicted molar refractivity (Wildman–Crippen MR) is 121 cm³/mol. The van der Waals surface area contributed by atoms with Gasteiger partial charge in [0, 0.05) is 24.7 Å². The molecule has 0 saturated heterocycles. The molecular formula is C24H21F7N4O3. The molecule has 0 unspecified atom stereocenters. The molecule has 0 bridgehead atoms. The number of ether oxygens (including phenoxy) is 1. The topological polar surface area (TPSA) is 78.2 Å². The Kier molecular flexibility index (Phi) is 7.01. The summed E-state index contributed by atoms with van der Waals surface area (Å²) in [5.41, 5.74) is -3.68. The Morgan fingerprint density at radius 1 is 1.13 bits per heavy atom. The lowest BCUT2D eigenvalue weighted by atomic mass is 10.1. The van der Waals surface area contributed by atoms with Crippen molar-refractivity contribution >= 4 is 11.6 Å². The molecule has 7 nitrogen and oxygen atoms in total. The second kappa shape index (κ2) is 9.80. The Bertz CT molecular complexity index is 1440. The third-order valence-corrected chi connectivity index (χ3v) is 6.15. The molecule has 0 fully saturated rings. The third-order valence-electron chi connectivity index (χ3n) is 6.15. The number of nitrogens with zero attached hydrogens (tertiary/aromatic N) is 3. The van der Waals surface area contributed by atoms with Gasteiger partial charge >= 0.3 is 18.0 Å². The minimum Gasteiger partial charge on any atom is -0.480 e. The standard InChI is InChI=1S/C24H21F7N4O3/c1-12-15(24(29,30)31)6-5-7-17(12)32-21(36)14-10-16(25)18(11-19(14)38-13(2)23(26,27)28)35-22(37)34-9-4-3-8-20(34)33-35/h5-7,10-11,13H,3-4,8-9H2,1-2H3,(H,32,36)/t13-/m0/s1. The smallest absolute Gasteiger partial charge is 0.425 e. The molecule has 0 spiro atoms. The van der Waals surface area contributed by atoms with Gasteiger partial charge in [-0.3, -0.25) is 9.36 Å². The maximum absolute atomic E-state index is 15.2. The van der Waals surface area contributed by atoms with Gasteiger partial charge in [-0.25, -0.2) is 9.18 Å². The first-order valence-electron chi connectivity index (χ1n) is 11.4. The normalized spacial score (nSPS) is 14.7. The second-order valence-corrected chi connectivity index (χ2v) is 8.75. The molecule has 1 aromatic heterocycles. The van der Waals surface area contributed by atoms with Crippen LogP contribution in [0.15, 0.2) is 35.1 Å². The van der Waals surface area contributed by atoms with Gasteiger partial charge in [0.15, 0.2) is 6.10 Å². The van der Waals surface area contributed by atoms with Crippen molar-refractivity contribution in [2.45, 2.75) is 58.1 Å². The van der Waals surface area contributed by atoms with Crippen LogP contribution in [-0.2, 0) is 19.1 Å². The molecule has 1 atom stereocenters. The highest BCUT2D eigenvalue weighted by Crippen LogP contribution is 2.35. The summed E-state index contributed by atoms with van der Waals surface area (Å²) in [4.78, 5) is 25.8. The number of nitrogens with one attached hydrogen (secondary N) is 1. The average molecular weight is 546 g/mol. The Morgan fingerprint density at radius 3 is 2.47 bits per heavy atom. The monoisotopic (exact) mass is 546 g/mol. The van der Waals surface area contributed by atoms with Crippen molar-refractivity contribution < 1.29 is 40.3 Å². The fraction of sp³-hybridized carbons (Fsp3) is 0.375. The highest BCUT2D eigenvalue weighted by atomic mass is 19.4. The van der Waals surface area contributed by atoms with Crippen molar-refractivity contribution in [3.8, 4) is 11.4 Å². The molecule has 0 saturated carbocycles. The Morgan fingerprint density at radius 2 is 1.84 bits per heavy atom. The second-order valence-electron chi connectivity index (χ2n) is 8.75. The summed E-state index contributed by atoms with van der Waals surface area (Å²) in [5.74, 6) is -2.78. The van der Waals surface area contributed by atoms with Crippen LogP contribution in [0.2, 0.25) is 0 Å². The highest BCUT2D eigenvalue weighted by Gasteiger charge is 2.39. The molecule has 38 heavy (non-hydrogen) atoms. The summed E-state index contributed by atoms with van der Waals surface area (Å²) < 4.78 is 102. The predicted octanol–water partition coefficient (Wildman–Crippen LogP) is 5.42. The molecule has 2 aromatic carbocycles. The molecule has 2 heterocycles. The van der Waals surface area contributed by atoms with Gasteiger partial charge in [-0.2, -0.15) is 31.0 Å². The van der Waals surface area contributed by atoms with E-state index in [0.29, 0.717) is 42.9 Å². The van der Waals surface area contributed by atoms with E-state index < -0.39 is 58.4 Å². The molecule has 14 heteroatoms. The number of halogens is 7. The van der Waals surface area contributed by atoms with Gasteiger partial charge in [0.05, 0.1) is 11.1 Å². The Balaban J connectivity index is 1.79. The lowest BCUT2D eigenvalue weighted by Gasteiger charge is -2.21. The lowest BCUT2D eigenvalue weighted by Crippen LogP contribution is -2.32. The summed E-state index contributed by atoms with van der Waals surface area (Å²) in [6.07, 6.45) is -10.2. The van der Waals surface area contributed by atoms with Gasteiger partial charge in [-0.05, 0) is 50.5 Å². The van der Waals surface area contributed by atoms with Crippen LogP contribution in [0.5, 0.6) is 5.75 Å². The molecule has 3 aromatic rings. The molecule has 0 aliphatic carbocycles. The van der Waals surface area contributed by atoms with E-state index in [4.69, 9.17) is 4.74 Å². The highest BCUT2D eigenvalue weighted by molar-refractivity contribution is 6.06. The number of rotatable bonds is 5. The number of alkyl halides is 6. The van der Waals surface area contributed by atoms with Crippen molar-refractivity contribution in [3.63, 3.8) is 0 Å². The van der Waals surface area contributed by atoms with Crippen LogP contribution in [0.3, 0.4) is 0 Å². The van der Waals surface area contributed by atoms with E-state index in [1.165, 1.54) is 4.57 Å². The van der Waals surface area contributed by atoms with Crippen LogP contribution >= 0.6 is 0 Å². The number of hydrogen-bond donors (Lipinski definition) is 1. The van der Waals surface area contributed by atoms with Crippen molar-refractivity contribution in [3.05, 3.63) is 69.1 Å². The van der Waals surface area contributed by atoms with Crippen LogP contribution in [0.1, 0.15) is 47.1 Å². The zero-order valence-electron chi connectivity index (χ0n) is 20.0. The molecule has 1 aliphatic rings. The van der Waals surface area contributed by atoms with Crippen LogP contribution in [0.4, 0.5) is 36.4 Å². The van der Waals surface area contributed by atoms with Gasteiger partial charge in [-0.1, -0.05) is 6.07 Å². The largest absolute Gasteiger partial charge is 0.480 e.